The van der Waals surface area contributed by atoms with E-state index in [1.807, 2.05) is 6.92 Å². The first kappa shape index (κ1) is 13.3. The summed E-state index contributed by atoms with van der Waals surface area (Å²) in [4.78, 5) is 16.2. The number of esters is 1. The van der Waals surface area contributed by atoms with Gasteiger partial charge >= 0.3 is 5.97 Å². The van der Waals surface area contributed by atoms with Gasteiger partial charge in [-0.05, 0) is 26.0 Å². The summed E-state index contributed by atoms with van der Waals surface area (Å²) in [6, 6.07) is 6.01. The van der Waals surface area contributed by atoms with Crippen LogP contribution >= 0.6 is 0 Å². The van der Waals surface area contributed by atoms with Crippen molar-refractivity contribution in [2.24, 2.45) is 0 Å². The summed E-state index contributed by atoms with van der Waals surface area (Å²) >= 11 is 0. The van der Waals surface area contributed by atoms with Crippen molar-refractivity contribution in [2.75, 3.05) is 6.61 Å². The van der Waals surface area contributed by atoms with Gasteiger partial charge in [-0.2, -0.15) is 0 Å². The number of aryl methyl sites for hydroxylation is 1. The number of carbonyl (C=O) groups is 1. The van der Waals surface area contributed by atoms with Crippen LogP contribution in [0.1, 0.15) is 24.3 Å². The Bertz CT molecular complexity index is 593. The van der Waals surface area contributed by atoms with E-state index in [0.29, 0.717) is 23.5 Å². The Morgan fingerprint density at radius 3 is 2.84 bits per heavy atom. The second-order valence-electron chi connectivity index (χ2n) is 3.96. The van der Waals surface area contributed by atoms with Crippen LogP contribution in [0.25, 0.3) is 11.3 Å². The first-order valence-electron chi connectivity index (χ1n) is 6.15. The average molecular weight is 262 g/mol. The van der Waals surface area contributed by atoms with Gasteiger partial charge in [0.05, 0.1) is 12.9 Å². The number of halogens is 1. The van der Waals surface area contributed by atoms with Crippen molar-refractivity contribution in [2.45, 2.75) is 20.4 Å². The van der Waals surface area contributed by atoms with Crippen molar-refractivity contribution in [3.05, 3.63) is 42.1 Å². The van der Waals surface area contributed by atoms with Crippen molar-refractivity contribution >= 4 is 5.97 Å². The van der Waals surface area contributed by atoms with Gasteiger partial charge in [0.1, 0.15) is 11.5 Å². The number of imidazole rings is 1. The molecule has 0 saturated carbocycles. The first-order chi connectivity index (χ1) is 9.17. The molecule has 1 aromatic carbocycles. The smallest absolute Gasteiger partial charge is 0.357 e. The molecule has 0 N–H and O–H groups in total. The van der Waals surface area contributed by atoms with Crippen LogP contribution in [0.2, 0.25) is 0 Å². The fourth-order valence-corrected chi connectivity index (χ4v) is 1.88. The molecule has 100 valence electrons. The van der Waals surface area contributed by atoms with Crippen molar-refractivity contribution in [1.82, 2.24) is 9.55 Å². The number of benzene rings is 1. The number of carbonyl (C=O) groups excluding carboxylic acids is 1. The maximum atomic E-state index is 13.3. The molecule has 0 amide bonds. The van der Waals surface area contributed by atoms with E-state index in [2.05, 4.69) is 4.98 Å². The first-order valence-corrected chi connectivity index (χ1v) is 6.15. The van der Waals surface area contributed by atoms with E-state index in [-0.39, 0.29) is 12.4 Å². The molecule has 0 atom stereocenters. The number of ether oxygens (including phenoxy) is 1. The second kappa shape index (κ2) is 5.65. The lowest BCUT2D eigenvalue weighted by atomic mass is 10.1. The van der Waals surface area contributed by atoms with Crippen molar-refractivity contribution in [3.8, 4) is 11.3 Å². The van der Waals surface area contributed by atoms with Crippen LogP contribution in [0.5, 0.6) is 0 Å². The zero-order valence-electron chi connectivity index (χ0n) is 10.9. The summed E-state index contributed by atoms with van der Waals surface area (Å²) in [5.41, 5.74) is 1.37. The van der Waals surface area contributed by atoms with Crippen LogP contribution in [-0.2, 0) is 11.3 Å². The lowest BCUT2D eigenvalue weighted by molar-refractivity contribution is 0.0515. The molecule has 2 rings (SSSR count). The predicted octanol–water partition coefficient (Wildman–Crippen LogP) is 2.89. The minimum absolute atomic E-state index is 0.288. The lowest BCUT2D eigenvalue weighted by Crippen LogP contribution is -2.12. The minimum atomic E-state index is -0.443. The van der Waals surface area contributed by atoms with E-state index in [1.165, 1.54) is 12.1 Å². The molecule has 1 aromatic heterocycles. The molecule has 0 saturated heterocycles. The Morgan fingerprint density at radius 1 is 1.42 bits per heavy atom. The topological polar surface area (TPSA) is 44.1 Å². The van der Waals surface area contributed by atoms with E-state index < -0.39 is 5.97 Å². The van der Waals surface area contributed by atoms with Crippen LogP contribution in [0.3, 0.4) is 0 Å². The Hall–Kier alpha value is -2.17. The van der Waals surface area contributed by atoms with Gasteiger partial charge in [0.25, 0.3) is 0 Å². The molecule has 0 aliphatic carbocycles. The highest BCUT2D eigenvalue weighted by molar-refractivity contribution is 5.94. The zero-order chi connectivity index (χ0) is 13.8. The summed E-state index contributed by atoms with van der Waals surface area (Å²) in [7, 11) is 0. The molecule has 0 bridgehead atoms. The molecular weight excluding hydrogens is 247 g/mol. The Kier molecular flexibility index (Phi) is 3.94. The third-order valence-corrected chi connectivity index (χ3v) is 2.75. The van der Waals surface area contributed by atoms with E-state index in [0.717, 1.165) is 0 Å². The van der Waals surface area contributed by atoms with Gasteiger partial charge in [0.2, 0.25) is 0 Å². The SMILES string of the molecule is CCOC(=O)c1c(-c2cccc(F)c2)ncn1CC. The maximum Gasteiger partial charge on any atom is 0.357 e. The monoisotopic (exact) mass is 262 g/mol. The number of nitrogens with zero attached hydrogens (tertiary/aromatic N) is 2. The van der Waals surface area contributed by atoms with Gasteiger partial charge in [-0.15, -0.1) is 0 Å². The minimum Gasteiger partial charge on any atom is -0.461 e. The fraction of sp³-hybridized carbons (Fsp3) is 0.286. The number of rotatable bonds is 4. The summed E-state index contributed by atoms with van der Waals surface area (Å²) in [6.45, 7) is 4.53. The second-order valence-corrected chi connectivity index (χ2v) is 3.96. The maximum absolute atomic E-state index is 13.3. The normalized spacial score (nSPS) is 10.5. The van der Waals surface area contributed by atoms with Crippen LogP contribution in [0.4, 0.5) is 4.39 Å². The van der Waals surface area contributed by atoms with Gasteiger partial charge in [0.15, 0.2) is 5.69 Å². The fourth-order valence-electron chi connectivity index (χ4n) is 1.88. The average Bonchev–Trinajstić information content (AvgIpc) is 2.82. The summed E-state index contributed by atoms with van der Waals surface area (Å²) in [5.74, 6) is -0.806. The summed E-state index contributed by atoms with van der Waals surface area (Å²) in [6.07, 6.45) is 1.56. The third kappa shape index (κ3) is 2.65. The molecule has 0 radical (unpaired) electrons. The van der Waals surface area contributed by atoms with Crippen LogP contribution in [0, 0.1) is 5.82 Å². The molecule has 5 heteroatoms. The highest BCUT2D eigenvalue weighted by Gasteiger charge is 2.20. The molecule has 0 unspecified atom stereocenters. The molecule has 0 aliphatic heterocycles. The highest BCUT2D eigenvalue weighted by atomic mass is 19.1. The van der Waals surface area contributed by atoms with E-state index in [4.69, 9.17) is 4.74 Å². The van der Waals surface area contributed by atoms with Gasteiger partial charge in [-0.25, -0.2) is 14.2 Å². The highest BCUT2D eigenvalue weighted by Crippen LogP contribution is 2.23. The van der Waals surface area contributed by atoms with Gasteiger partial charge in [-0.3, -0.25) is 0 Å². The van der Waals surface area contributed by atoms with Crippen molar-refractivity contribution in [1.29, 1.82) is 0 Å². The standard InChI is InChI=1S/C14H15FN2O2/c1-3-17-9-16-12(13(17)14(18)19-4-2)10-6-5-7-11(15)8-10/h5-9H,3-4H2,1-2H3. The third-order valence-electron chi connectivity index (χ3n) is 2.75. The lowest BCUT2D eigenvalue weighted by Gasteiger charge is -2.07. The molecule has 0 aliphatic rings. The van der Waals surface area contributed by atoms with Crippen LogP contribution in [0.15, 0.2) is 30.6 Å². The Morgan fingerprint density at radius 2 is 2.21 bits per heavy atom. The molecule has 19 heavy (non-hydrogen) atoms. The molecule has 4 nitrogen and oxygen atoms in total. The Balaban J connectivity index is 2.52. The van der Waals surface area contributed by atoms with E-state index in [9.17, 15) is 9.18 Å². The summed E-state index contributed by atoms with van der Waals surface area (Å²) in [5, 5.41) is 0. The molecule has 0 fully saturated rings. The van der Waals surface area contributed by atoms with E-state index >= 15 is 0 Å². The number of hydrogen-bond acceptors (Lipinski definition) is 3. The largest absolute Gasteiger partial charge is 0.461 e. The molecule has 1 heterocycles. The number of aromatic nitrogens is 2. The van der Waals surface area contributed by atoms with Gasteiger partial charge in [-0.1, -0.05) is 12.1 Å². The van der Waals surface area contributed by atoms with Gasteiger partial charge in [0, 0.05) is 12.1 Å². The summed E-state index contributed by atoms with van der Waals surface area (Å²) < 4.78 is 20.0. The zero-order valence-corrected chi connectivity index (χ0v) is 10.9. The number of hydrogen-bond donors (Lipinski definition) is 0. The van der Waals surface area contributed by atoms with E-state index in [1.54, 1.807) is 30.0 Å². The Labute approximate surface area is 110 Å². The van der Waals surface area contributed by atoms with Gasteiger partial charge < -0.3 is 9.30 Å². The van der Waals surface area contributed by atoms with Crippen molar-refractivity contribution in [3.63, 3.8) is 0 Å². The predicted molar refractivity (Wildman–Crippen MR) is 69.3 cm³/mol. The molecule has 0 spiro atoms. The quantitative estimate of drug-likeness (QED) is 0.796. The van der Waals surface area contributed by atoms with Crippen LogP contribution in [-0.4, -0.2) is 22.1 Å². The molecule has 2 aromatic rings. The molecular formula is C14H15FN2O2. The van der Waals surface area contributed by atoms with Crippen LogP contribution < -0.4 is 0 Å². The van der Waals surface area contributed by atoms with Crippen molar-refractivity contribution < 1.29 is 13.9 Å².